The Morgan fingerprint density at radius 3 is 2.10 bits per heavy atom. The molecule has 0 aliphatic heterocycles. The minimum atomic E-state index is 0.590. The van der Waals surface area contributed by atoms with Gasteiger partial charge in [0.1, 0.15) is 0 Å². The van der Waals surface area contributed by atoms with E-state index in [0.29, 0.717) is 6.04 Å². The molecule has 0 heterocycles. The fourth-order valence-corrected chi connectivity index (χ4v) is 0.815. The second-order valence-corrected chi connectivity index (χ2v) is 3.26. The van der Waals surface area contributed by atoms with E-state index in [1.54, 1.807) is 0 Å². The standard InChI is InChI=1S/C8H20N2/c1-7(2)5-10-8(3)6-9-4/h7-10H,5-6H2,1-4H3/t8-/m0/s1. The number of hydrogen-bond donors (Lipinski definition) is 2. The normalized spacial score (nSPS) is 14.1. The van der Waals surface area contributed by atoms with Gasteiger partial charge in [0.05, 0.1) is 0 Å². The molecule has 10 heavy (non-hydrogen) atoms. The number of likely N-dealkylation sites (N-methyl/N-ethyl adjacent to an activating group) is 1. The molecule has 2 nitrogen and oxygen atoms in total. The van der Waals surface area contributed by atoms with Crippen LogP contribution in [0.4, 0.5) is 0 Å². The highest BCUT2D eigenvalue weighted by Crippen LogP contribution is 1.88. The van der Waals surface area contributed by atoms with E-state index in [4.69, 9.17) is 0 Å². The second-order valence-electron chi connectivity index (χ2n) is 3.26. The van der Waals surface area contributed by atoms with Crippen LogP contribution in [0.1, 0.15) is 20.8 Å². The Balaban J connectivity index is 3.12. The molecule has 0 fully saturated rings. The third-order valence-corrected chi connectivity index (χ3v) is 1.38. The van der Waals surface area contributed by atoms with Crippen molar-refractivity contribution >= 4 is 0 Å². The summed E-state index contributed by atoms with van der Waals surface area (Å²) >= 11 is 0. The molecule has 0 aromatic heterocycles. The quantitative estimate of drug-likeness (QED) is 0.597. The molecule has 0 unspecified atom stereocenters. The lowest BCUT2D eigenvalue weighted by molar-refractivity contribution is 0.471. The van der Waals surface area contributed by atoms with E-state index in [1.807, 2.05) is 7.05 Å². The lowest BCUT2D eigenvalue weighted by Gasteiger charge is -2.14. The SMILES string of the molecule is CNC[C@H](C)NCC(C)C. The van der Waals surface area contributed by atoms with Gasteiger partial charge in [-0.15, -0.1) is 0 Å². The van der Waals surface area contributed by atoms with Crippen molar-refractivity contribution < 1.29 is 0 Å². The van der Waals surface area contributed by atoms with Crippen molar-refractivity contribution in [3.05, 3.63) is 0 Å². The first-order chi connectivity index (χ1) is 4.66. The summed E-state index contributed by atoms with van der Waals surface area (Å²) in [7, 11) is 1.98. The zero-order chi connectivity index (χ0) is 7.98. The van der Waals surface area contributed by atoms with Crippen LogP contribution in [0.25, 0.3) is 0 Å². The van der Waals surface area contributed by atoms with E-state index >= 15 is 0 Å². The van der Waals surface area contributed by atoms with Crippen LogP contribution < -0.4 is 10.6 Å². The average molecular weight is 144 g/mol. The molecular weight excluding hydrogens is 124 g/mol. The lowest BCUT2D eigenvalue weighted by Crippen LogP contribution is -2.36. The molecule has 0 aromatic carbocycles. The molecule has 0 aromatic rings. The largest absolute Gasteiger partial charge is 0.318 e. The van der Waals surface area contributed by atoms with Crippen molar-refractivity contribution in [3.63, 3.8) is 0 Å². The first-order valence-electron chi connectivity index (χ1n) is 4.04. The summed E-state index contributed by atoms with van der Waals surface area (Å²) in [6.07, 6.45) is 0. The average Bonchev–Trinajstić information content (AvgIpc) is 1.85. The Hall–Kier alpha value is -0.0800. The summed E-state index contributed by atoms with van der Waals surface area (Å²) in [4.78, 5) is 0. The maximum Gasteiger partial charge on any atom is 0.0164 e. The van der Waals surface area contributed by atoms with Crippen LogP contribution in [0.5, 0.6) is 0 Å². The fourth-order valence-electron chi connectivity index (χ4n) is 0.815. The van der Waals surface area contributed by atoms with Gasteiger partial charge in [-0.1, -0.05) is 13.8 Å². The smallest absolute Gasteiger partial charge is 0.0164 e. The van der Waals surface area contributed by atoms with Crippen LogP contribution >= 0.6 is 0 Å². The third kappa shape index (κ3) is 6.05. The molecule has 0 rings (SSSR count). The van der Waals surface area contributed by atoms with Gasteiger partial charge in [0.25, 0.3) is 0 Å². The van der Waals surface area contributed by atoms with Crippen LogP contribution in [-0.2, 0) is 0 Å². The molecule has 62 valence electrons. The summed E-state index contributed by atoms with van der Waals surface area (Å²) in [5.74, 6) is 0.749. The number of rotatable bonds is 5. The predicted molar refractivity (Wildman–Crippen MR) is 46.2 cm³/mol. The van der Waals surface area contributed by atoms with Crippen molar-refractivity contribution in [1.82, 2.24) is 10.6 Å². The van der Waals surface area contributed by atoms with E-state index < -0.39 is 0 Å². The summed E-state index contributed by atoms with van der Waals surface area (Å²) in [6, 6.07) is 0.590. The van der Waals surface area contributed by atoms with Crippen molar-refractivity contribution in [2.24, 2.45) is 5.92 Å². The van der Waals surface area contributed by atoms with Gasteiger partial charge >= 0.3 is 0 Å². The lowest BCUT2D eigenvalue weighted by atomic mass is 10.2. The molecule has 0 amide bonds. The monoisotopic (exact) mass is 144 g/mol. The first-order valence-corrected chi connectivity index (χ1v) is 4.04. The van der Waals surface area contributed by atoms with Crippen LogP contribution in [-0.4, -0.2) is 26.2 Å². The Bertz CT molecular complexity index is 71.7. The molecule has 0 radical (unpaired) electrons. The zero-order valence-corrected chi connectivity index (χ0v) is 7.57. The van der Waals surface area contributed by atoms with Gasteiger partial charge in [0.2, 0.25) is 0 Å². The van der Waals surface area contributed by atoms with Gasteiger partial charge < -0.3 is 10.6 Å². The van der Waals surface area contributed by atoms with E-state index in [1.165, 1.54) is 0 Å². The van der Waals surface area contributed by atoms with Gasteiger partial charge in [0, 0.05) is 12.6 Å². The molecule has 2 heteroatoms. The second kappa shape index (κ2) is 5.69. The van der Waals surface area contributed by atoms with E-state index in [9.17, 15) is 0 Å². The number of hydrogen-bond acceptors (Lipinski definition) is 2. The molecule has 2 N–H and O–H groups in total. The van der Waals surface area contributed by atoms with Gasteiger partial charge in [-0.05, 0) is 26.4 Å². The van der Waals surface area contributed by atoms with Gasteiger partial charge in [-0.3, -0.25) is 0 Å². The zero-order valence-electron chi connectivity index (χ0n) is 7.57. The van der Waals surface area contributed by atoms with Crippen LogP contribution in [0.3, 0.4) is 0 Å². The Kier molecular flexibility index (Phi) is 5.64. The van der Waals surface area contributed by atoms with Crippen molar-refractivity contribution in [3.8, 4) is 0 Å². The van der Waals surface area contributed by atoms with Crippen molar-refractivity contribution in [1.29, 1.82) is 0 Å². The summed E-state index contributed by atoms with van der Waals surface area (Å²) in [6.45, 7) is 8.80. The highest BCUT2D eigenvalue weighted by atomic mass is 15.0. The molecule has 0 saturated heterocycles. The summed E-state index contributed by atoms with van der Waals surface area (Å²) in [5.41, 5.74) is 0. The predicted octanol–water partition coefficient (Wildman–Crippen LogP) is 0.840. The van der Waals surface area contributed by atoms with Crippen LogP contribution in [0.15, 0.2) is 0 Å². The third-order valence-electron chi connectivity index (χ3n) is 1.38. The van der Waals surface area contributed by atoms with E-state index in [-0.39, 0.29) is 0 Å². The van der Waals surface area contributed by atoms with E-state index in [2.05, 4.69) is 31.4 Å². The minimum Gasteiger partial charge on any atom is -0.318 e. The molecule has 0 saturated carbocycles. The van der Waals surface area contributed by atoms with Gasteiger partial charge in [-0.25, -0.2) is 0 Å². The topological polar surface area (TPSA) is 24.1 Å². The molecule has 1 atom stereocenters. The maximum atomic E-state index is 3.42. The van der Waals surface area contributed by atoms with Gasteiger partial charge in [0.15, 0.2) is 0 Å². The molecule has 0 bridgehead atoms. The van der Waals surface area contributed by atoms with Crippen molar-refractivity contribution in [2.75, 3.05) is 20.1 Å². The van der Waals surface area contributed by atoms with Crippen molar-refractivity contribution in [2.45, 2.75) is 26.8 Å². The molecule has 0 aliphatic rings. The summed E-state index contributed by atoms with van der Waals surface area (Å²) < 4.78 is 0. The first kappa shape index (κ1) is 9.92. The minimum absolute atomic E-state index is 0.590. The molecular formula is C8H20N2. The molecule has 0 aliphatic carbocycles. The Morgan fingerprint density at radius 1 is 1.10 bits per heavy atom. The maximum absolute atomic E-state index is 3.42. The summed E-state index contributed by atoms with van der Waals surface area (Å²) in [5, 5.41) is 6.55. The van der Waals surface area contributed by atoms with Crippen LogP contribution in [0, 0.1) is 5.92 Å². The molecule has 0 spiro atoms. The van der Waals surface area contributed by atoms with Crippen LogP contribution in [0.2, 0.25) is 0 Å². The Morgan fingerprint density at radius 2 is 1.70 bits per heavy atom. The van der Waals surface area contributed by atoms with Gasteiger partial charge in [-0.2, -0.15) is 0 Å². The Labute approximate surface area is 64.4 Å². The number of nitrogens with one attached hydrogen (secondary N) is 2. The van der Waals surface area contributed by atoms with E-state index in [0.717, 1.165) is 19.0 Å². The highest BCUT2D eigenvalue weighted by Gasteiger charge is 1.99. The highest BCUT2D eigenvalue weighted by molar-refractivity contribution is 4.62. The fraction of sp³-hybridized carbons (Fsp3) is 1.00.